The maximum atomic E-state index is 12.6. The summed E-state index contributed by atoms with van der Waals surface area (Å²) in [5.41, 5.74) is 3.09. The number of carbonyl (C=O) groups excluding carboxylic acids is 1. The van der Waals surface area contributed by atoms with Gasteiger partial charge < -0.3 is 10.0 Å². The molecule has 0 heterocycles. The molecule has 0 atom stereocenters. The number of rotatable bonds is 2. The molecule has 1 N–H and O–H groups in total. The number of aliphatic hydroxyl groups excluding tert-OH is 1. The normalized spacial score (nSPS) is 9.67. The molecular formula is C18H17NO2. The zero-order valence-corrected chi connectivity index (χ0v) is 12.1. The molecule has 2 rings (SSSR count). The lowest BCUT2D eigenvalue weighted by Gasteiger charge is -2.18. The van der Waals surface area contributed by atoms with Gasteiger partial charge in [0.05, 0.1) is 5.56 Å². The zero-order valence-electron chi connectivity index (χ0n) is 12.1. The van der Waals surface area contributed by atoms with Crippen molar-refractivity contribution in [2.24, 2.45) is 0 Å². The summed E-state index contributed by atoms with van der Waals surface area (Å²) in [7, 11) is 1.74. The second-order valence-corrected chi connectivity index (χ2v) is 4.71. The Morgan fingerprint density at radius 3 is 2.67 bits per heavy atom. The zero-order chi connectivity index (χ0) is 15.2. The van der Waals surface area contributed by atoms with Crippen molar-refractivity contribution in [2.75, 3.05) is 18.6 Å². The largest absolute Gasteiger partial charge is 0.384 e. The average Bonchev–Trinajstić information content (AvgIpc) is 2.51. The van der Waals surface area contributed by atoms with Crippen LogP contribution in [0.2, 0.25) is 0 Å². The van der Waals surface area contributed by atoms with E-state index in [1.54, 1.807) is 30.1 Å². The number of carbonyl (C=O) groups is 1. The fraction of sp³-hybridized carbons (Fsp3) is 0.167. The number of aliphatic hydroxyl groups is 1. The van der Waals surface area contributed by atoms with Gasteiger partial charge in [0.25, 0.3) is 5.91 Å². The molecule has 3 nitrogen and oxygen atoms in total. The van der Waals surface area contributed by atoms with Crippen molar-refractivity contribution in [3.63, 3.8) is 0 Å². The van der Waals surface area contributed by atoms with Gasteiger partial charge in [-0.3, -0.25) is 4.79 Å². The van der Waals surface area contributed by atoms with Gasteiger partial charge in [0.1, 0.15) is 6.61 Å². The van der Waals surface area contributed by atoms with Crippen LogP contribution >= 0.6 is 0 Å². The van der Waals surface area contributed by atoms with Crippen LogP contribution in [0.5, 0.6) is 0 Å². The van der Waals surface area contributed by atoms with Gasteiger partial charge in [-0.2, -0.15) is 0 Å². The van der Waals surface area contributed by atoms with Gasteiger partial charge in [-0.15, -0.1) is 0 Å². The highest BCUT2D eigenvalue weighted by molar-refractivity contribution is 6.07. The molecule has 0 spiro atoms. The van der Waals surface area contributed by atoms with Crippen molar-refractivity contribution < 1.29 is 9.90 Å². The van der Waals surface area contributed by atoms with E-state index in [2.05, 4.69) is 11.8 Å². The third kappa shape index (κ3) is 3.50. The molecule has 0 aliphatic heterocycles. The Morgan fingerprint density at radius 1 is 1.19 bits per heavy atom. The van der Waals surface area contributed by atoms with Crippen LogP contribution in [0.25, 0.3) is 0 Å². The second kappa shape index (κ2) is 6.74. The van der Waals surface area contributed by atoms with E-state index < -0.39 is 0 Å². The summed E-state index contributed by atoms with van der Waals surface area (Å²) < 4.78 is 0. The van der Waals surface area contributed by atoms with Crippen LogP contribution in [-0.4, -0.2) is 24.7 Å². The molecule has 0 fully saturated rings. The molecule has 0 radical (unpaired) electrons. The minimum atomic E-state index is -0.226. The molecule has 0 unspecified atom stereocenters. The molecule has 0 saturated carbocycles. The third-order valence-corrected chi connectivity index (χ3v) is 3.15. The van der Waals surface area contributed by atoms with E-state index in [1.807, 2.05) is 37.3 Å². The first-order valence-electron chi connectivity index (χ1n) is 6.67. The van der Waals surface area contributed by atoms with Gasteiger partial charge in [-0.05, 0) is 36.8 Å². The van der Waals surface area contributed by atoms with Crippen LogP contribution in [0, 0.1) is 18.8 Å². The fourth-order valence-corrected chi connectivity index (χ4v) is 2.05. The number of hydrogen-bond donors (Lipinski definition) is 1. The van der Waals surface area contributed by atoms with Crippen LogP contribution in [0.4, 0.5) is 5.69 Å². The molecule has 106 valence electrons. The molecule has 2 aromatic carbocycles. The number of nitrogens with zero attached hydrogens (tertiary/aromatic N) is 1. The molecule has 0 saturated heterocycles. The first-order chi connectivity index (χ1) is 10.1. The number of hydrogen-bond acceptors (Lipinski definition) is 2. The van der Waals surface area contributed by atoms with Crippen molar-refractivity contribution >= 4 is 11.6 Å². The second-order valence-electron chi connectivity index (χ2n) is 4.71. The van der Waals surface area contributed by atoms with Crippen LogP contribution in [-0.2, 0) is 0 Å². The Morgan fingerprint density at radius 2 is 1.95 bits per heavy atom. The maximum Gasteiger partial charge on any atom is 0.259 e. The van der Waals surface area contributed by atoms with E-state index in [0.29, 0.717) is 11.1 Å². The Labute approximate surface area is 124 Å². The van der Waals surface area contributed by atoms with Gasteiger partial charge in [-0.1, -0.05) is 36.1 Å². The summed E-state index contributed by atoms with van der Waals surface area (Å²) in [5.74, 6) is 5.27. The van der Waals surface area contributed by atoms with Crippen molar-refractivity contribution in [1.29, 1.82) is 0 Å². The van der Waals surface area contributed by atoms with Crippen LogP contribution in [0.3, 0.4) is 0 Å². The average molecular weight is 279 g/mol. The lowest BCUT2D eigenvalue weighted by atomic mass is 10.1. The minimum absolute atomic E-state index is 0.122. The molecule has 1 amide bonds. The van der Waals surface area contributed by atoms with E-state index in [1.165, 1.54) is 0 Å². The Balaban J connectivity index is 2.36. The van der Waals surface area contributed by atoms with Gasteiger partial charge in [0.15, 0.2) is 0 Å². The van der Waals surface area contributed by atoms with Gasteiger partial charge >= 0.3 is 0 Å². The molecule has 2 aromatic rings. The van der Waals surface area contributed by atoms with Crippen molar-refractivity contribution in [2.45, 2.75) is 6.92 Å². The standard InChI is InChI=1S/C18H17NO2/c1-14-7-5-10-16(13-14)19(2)18(21)17-11-4-3-8-15(17)9-6-12-20/h3-5,7-8,10-11,13,20H,12H2,1-2H3. The first-order valence-corrected chi connectivity index (χ1v) is 6.67. The molecule has 0 bridgehead atoms. The summed E-state index contributed by atoms with van der Waals surface area (Å²) in [6.45, 7) is 1.76. The van der Waals surface area contributed by atoms with E-state index in [-0.39, 0.29) is 12.5 Å². The summed E-state index contributed by atoms with van der Waals surface area (Å²) in [6.07, 6.45) is 0. The summed E-state index contributed by atoms with van der Waals surface area (Å²) in [4.78, 5) is 14.2. The summed E-state index contributed by atoms with van der Waals surface area (Å²) in [6, 6.07) is 14.9. The highest BCUT2D eigenvalue weighted by Crippen LogP contribution is 2.18. The summed E-state index contributed by atoms with van der Waals surface area (Å²) >= 11 is 0. The topological polar surface area (TPSA) is 40.5 Å². The van der Waals surface area contributed by atoms with E-state index in [4.69, 9.17) is 5.11 Å². The number of amides is 1. The first kappa shape index (κ1) is 14.8. The highest BCUT2D eigenvalue weighted by atomic mass is 16.2. The maximum absolute atomic E-state index is 12.6. The lowest BCUT2D eigenvalue weighted by Crippen LogP contribution is -2.27. The molecule has 3 heteroatoms. The predicted molar refractivity (Wildman–Crippen MR) is 84.3 cm³/mol. The smallest absolute Gasteiger partial charge is 0.259 e. The van der Waals surface area contributed by atoms with Crippen LogP contribution in [0.15, 0.2) is 48.5 Å². The number of benzene rings is 2. The monoisotopic (exact) mass is 279 g/mol. The van der Waals surface area contributed by atoms with Crippen LogP contribution in [0.1, 0.15) is 21.5 Å². The van der Waals surface area contributed by atoms with E-state index >= 15 is 0 Å². The van der Waals surface area contributed by atoms with E-state index in [0.717, 1.165) is 11.3 Å². The predicted octanol–water partition coefficient (Wildman–Crippen LogP) is 2.62. The van der Waals surface area contributed by atoms with E-state index in [9.17, 15) is 4.79 Å². The van der Waals surface area contributed by atoms with Crippen molar-refractivity contribution in [3.8, 4) is 11.8 Å². The lowest BCUT2D eigenvalue weighted by molar-refractivity contribution is 0.0993. The quantitative estimate of drug-likeness (QED) is 0.858. The van der Waals surface area contributed by atoms with Gasteiger partial charge in [0.2, 0.25) is 0 Å². The molecule has 0 aliphatic carbocycles. The number of anilines is 1. The van der Waals surface area contributed by atoms with Gasteiger partial charge in [-0.25, -0.2) is 0 Å². The Hall–Kier alpha value is -2.57. The fourth-order valence-electron chi connectivity index (χ4n) is 2.05. The van der Waals surface area contributed by atoms with Gasteiger partial charge in [0, 0.05) is 18.3 Å². The molecule has 0 aromatic heterocycles. The Kier molecular flexibility index (Phi) is 4.76. The Bertz CT molecular complexity index is 710. The molecular weight excluding hydrogens is 262 g/mol. The molecule has 21 heavy (non-hydrogen) atoms. The van der Waals surface area contributed by atoms with Crippen LogP contribution < -0.4 is 4.90 Å². The summed E-state index contributed by atoms with van der Waals surface area (Å²) in [5, 5.41) is 8.81. The number of aryl methyl sites for hydroxylation is 1. The molecule has 0 aliphatic rings. The third-order valence-electron chi connectivity index (χ3n) is 3.15. The highest BCUT2D eigenvalue weighted by Gasteiger charge is 2.16. The minimum Gasteiger partial charge on any atom is -0.384 e. The SMILES string of the molecule is Cc1cccc(N(C)C(=O)c2ccccc2C#CCO)c1. The van der Waals surface area contributed by atoms with Crippen molar-refractivity contribution in [1.82, 2.24) is 0 Å². The van der Waals surface area contributed by atoms with Crippen molar-refractivity contribution in [3.05, 3.63) is 65.2 Å².